The minimum Gasteiger partial charge on any atom is -0.396 e. The van der Waals surface area contributed by atoms with E-state index in [0.717, 1.165) is 51.4 Å². The first-order chi connectivity index (χ1) is 17.7. The van der Waals surface area contributed by atoms with Crippen molar-refractivity contribution >= 4 is 11.7 Å². The van der Waals surface area contributed by atoms with Crippen molar-refractivity contribution < 1.29 is 9.90 Å². The maximum absolute atomic E-state index is 12.4. The van der Waals surface area contributed by atoms with Gasteiger partial charge in [0, 0.05) is 45.5 Å². The second kappa shape index (κ2) is 20.4. The molecule has 2 rings (SSSR count). The molecule has 6 nitrogen and oxygen atoms in total. The van der Waals surface area contributed by atoms with Crippen molar-refractivity contribution in [2.45, 2.75) is 110 Å². The van der Waals surface area contributed by atoms with Crippen LogP contribution in [0, 0.1) is 0 Å². The third kappa shape index (κ3) is 13.6. The molecule has 1 aromatic heterocycles. The number of hydrogen-bond donors (Lipinski definition) is 2. The first-order valence-corrected chi connectivity index (χ1v) is 15.1. The summed E-state index contributed by atoms with van der Waals surface area (Å²) in [7, 11) is 0. The van der Waals surface area contributed by atoms with E-state index in [2.05, 4.69) is 27.0 Å². The minimum absolute atomic E-state index is 0.00756. The van der Waals surface area contributed by atoms with E-state index >= 15 is 0 Å². The van der Waals surface area contributed by atoms with E-state index in [1.54, 1.807) is 6.20 Å². The Morgan fingerprint density at radius 3 is 1.86 bits per heavy atom. The molecule has 1 aromatic rings. The fourth-order valence-electron chi connectivity index (χ4n) is 4.95. The first kappa shape index (κ1) is 30.6. The van der Waals surface area contributed by atoms with Gasteiger partial charge in [0.05, 0.1) is 5.56 Å². The minimum atomic E-state index is -0.00756. The Bertz CT molecular complexity index is 659. The highest BCUT2D eigenvalue weighted by Crippen LogP contribution is 2.15. The normalized spacial score (nSPS) is 14.3. The monoisotopic (exact) mass is 502 g/mol. The van der Waals surface area contributed by atoms with Gasteiger partial charge in [-0.05, 0) is 37.9 Å². The molecular weight excluding hydrogens is 448 g/mol. The number of aromatic nitrogens is 1. The summed E-state index contributed by atoms with van der Waals surface area (Å²) in [5.41, 5.74) is 0.658. The summed E-state index contributed by atoms with van der Waals surface area (Å²) in [4.78, 5) is 21.9. The molecule has 6 heteroatoms. The average molecular weight is 503 g/mol. The van der Waals surface area contributed by atoms with Crippen LogP contribution in [-0.2, 0) is 0 Å². The largest absolute Gasteiger partial charge is 0.396 e. The molecule has 206 valence electrons. The highest BCUT2D eigenvalue weighted by Gasteiger charge is 2.17. The molecule has 0 radical (unpaired) electrons. The van der Waals surface area contributed by atoms with Gasteiger partial charge in [0.25, 0.3) is 5.91 Å². The van der Waals surface area contributed by atoms with Crippen molar-refractivity contribution in [1.82, 2.24) is 15.2 Å². The van der Waals surface area contributed by atoms with Crippen molar-refractivity contribution in [1.29, 1.82) is 0 Å². The van der Waals surface area contributed by atoms with Crippen LogP contribution in [0.4, 0.5) is 5.82 Å². The summed E-state index contributed by atoms with van der Waals surface area (Å²) in [5.74, 6) is 0.975. The van der Waals surface area contributed by atoms with Crippen LogP contribution in [0.1, 0.15) is 120 Å². The number of anilines is 1. The molecule has 1 amide bonds. The third-order valence-electron chi connectivity index (χ3n) is 7.40. The lowest BCUT2D eigenvalue weighted by atomic mass is 10.0. The number of aliphatic hydroxyl groups is 1. The zero-order chi connectivity index (χ0) is 25.7. The summed E-state index contributed by atoms with van der Waals surface area (Å²) in [6.07, 6.45) is 22.0. The number of carbonyl (C=O) groups is 1. The van der Waals surface area contributed by atoms with Crippen LogP contribution in [0.25, 0.3) is 0 Å². The van der Waals surface area contributed by atoms with Crippen LogP contribution in [0.5, 0.6) is 0 Å². The summed E-state index contributed by atoms with van der Waals surface area (Å²) >= 11 is 0. The van der Waals surface area contributed by atoms with Crippen LogP contribution in [-0.4, -0.2) is 66.8 Å². The van der Waals surface area contributed by atoms with Gasteiger partial charge in [-0.25, -0.2) is 4.98 Å². The lowest BCUT2D eigenvalue weighted by molar-refractivity contribution is 0.0952. The van der Waals surface area contributed by atoms with E-state index in [1.807, 2.05) is 12.1 Å². The number of piperazine rings is 1. The average Bonchev–Trinajstić information content (AvgIpc) is 2.92. The maximum Gasteiger partial charge on any atom is 0.252 e. The molecule has 0 unspecified atom stereocenters. The molecule has 0 aliphatic carbocycles. The Morgan fingerprint density at radius 2 is 1.36 bits per heavy atom. The van der Waals surface area contributed by atoms with Crippen LogP contribution < -0.4 is 10.2 Å². The van der Waals surface area contributed by atoms with Crippen molar-refractivity contribution in [3.63, 3.8) is 0 Å². The number of rotatable bonds is 21. The van der Waals surface area contributed by atoms with Crippen LogP contribution in [0.3, 0.4) is 0 Å². The highest BCUT2D eigenvalue weighted by molar-refractivity contribution is 5.94. The predicted octanol–water partition coefficient (Wildman–Crippen LogP) is 6.19. The van der Waals surface area contributed by atoms with Gasteiger partial charge in [0.1, 0.15) is 5.82 Å². The molecule has 0 atom stereocenters. The van der Waals surface area contributed by atoms with Crippen molar-refractivity contribution in [2.75, 3.05) is 50.8 Å². The first-order valence-electron chi connectivity index (χ1n) is 15.1. The van der Waals surface area contributed by atoms with Crippen molar-refractivity contribution in [3.8, 4) is 0 Å². The van der Waals surface area contributed by atoms with Gasteiger partial charge in [-0.1, -0.05) is 90.4 Å². The van der Waals surface area contributed by atoms with Crippen LogP contribution in [0.15, 0.2) is 18.3 Å². The second-order valence-electron chi connectivity index (χ2n) is 10.5. The summed E-state index contributed by atoms with van der Waals surface area (Å²) in [6, 6.07) is 3.91. The molecule has 1 saturated heterocycles. The SMILES string of the molecule is CCCCN1CCN(c2ccc(C(=O)NCCCCCCCCCCCCCCCCO)cn2)CC1. The van der Waals surface area contributed by atoms with E-state index in [1.165, 1.54) is 96.4 Å². The number of carbonyl (C=O) groups excluding carboxylic acids is 1. The van der Waals surface area contributed by atoms with E-state index < -0.39 is 0 Å². The molecule has 0 saturated carbocycles. The fraction of sp³-hybridized carbons (Fsp3) is 0.800. The molecule has 0 bridgehead atoms. The predicted molar refractivity (Wildman–Crippen MR) is 152 cm³/mol. The van der Waals surface area contributed by atoms with Crippen molar-refractivity contribution in [3.05, 3.63) is 23.9 Å². The number of unbranched alkanes of at least 4 members (excludes halogenated alkanes) is 14. The quantitative estimate of drug-likeness (QED) is 0.196. The zero-order valence-corrected chi connectivity index (χ0v) is 23.2. The number of nitrogens with zero attached hydrogens (tertiary/aromatic N) is 3. The molecule has 1 fully saturated rings. The number of pyridine rings is 1. The van der Waals surface area contributed by atoms with Gasteiger partial charge in [-0.15, -0.1) is 0 Å². The molecular formula is C30H54N4O2. The molecule has 1 aliphatic heterocycles. The maximum atomic E-state index is 12.4. The molecule has 2 heterocycles. The molecule has 2 N–H and O–H groups in total. The van der Waals surface area contributed by atoms with Gasteiger partial charge in [0.15, 0.2) is 0 Å². The molecule has 0 spiro atoms. The summed E-state index contributed by atoms with van der Waals surface area (Å²) in [6.45, 7) is 8.74. The molecule has 1 aliphatic rings. The van der Waals surface area contributed by atoms with Crippen LogP contribution in [0.2, 0.25) is 0 Å². The number of hydrogen-bond acceptors (Lipinski definition) is 5. The van der Waals surface area contributed by atoms with E-state index in [0.29, 0.717) is 12.2 Å². The second-order valence-corrected chi connectivity index (χ2v) is 10.5. The Hall–Kier alpha value is -1.66. The van der Waals surface area contributed by atoms with Gasteiger partial charge in [-0.3, -0.25) is 9.69 Å². The Balaban J connectivity index is 1.43. The van der Waals surface area contributed by atoms with E-state index in [-0.39, 0.29) is 5.91 Å². The number of nitrogens with one attached hydrogen (secondary N) is 1. The molecule has 36 heavy (non-hydrogen) atoms. The summed E-state index contributed by atoms with van der Waals surface area (Å²) < 4.78 is 0. The van der Waals surface area contributed by atoms with Gasteiger partial charge in [-0.2, -0.15) is 0 Å². The lowest BCUT2D eigenvalue weighted by Crippen LogP contribution is -2.46. The van der Waals surface area contributed by atoms with Gasteiger partial charge >= 0.3 is 0 Å². The smallest absolute Gasteiger partial charge is 0.252 e. The van der Waals surface area contributed by atoms with Crippen molar-refractivity contribution in [2.24, 2.45) is 0 Å². The Morgan fingerprint density at radius 1 is 0.806 bits per heavy atom. The van der Waals surface area contributed by atoms with Gasteiger partial charge < -0.3 is 15.3 Å². The van der Waals surface area contributed by atoms with Gasteiger partial charge in [0.2, 0.25) is 0 Å². The standard InChI is InChI=1S/C30H54N4O2/c1-2-3-21-33-22-24-34(25-23-33)29-19-18-28(27-32-29)30(36)31-20-16-14-12-10-8-6-4-5-7-9-11-13-15-17-26-35/h18-19,27,35H,2-17,20-26H2,1H3,(H,31,36). The fourth-order valence-corrected chi connectivity index (χ4v) is 4.95. The molecule has 0 aromatic carbocycles. The third-order valence-corrected chi connectivity index (χ3v) is 7.40. The zero-order valence-electron chi connectivity index (χ0n) is 23.2. The Labute approximate surface area is 221 Å². The topological polar surface area (TPSA) is 68.7 Å². The van der Waals surface area contributed by atoms with E-state index in [9.17, 15) is 4.79 Å². The number of aliphatic hydroxyl groups excluding tert-OH is 1. The van der Waals surface area contributed by atoms with E-state index in [4.69, 9.17) is 5.11 Å². The van der Waals surface area contributed by atoms with Crippen LogP contribution >= 0.6 is 0 Å². The lowest BCUT2D eigenvalue weighted by Gasteiger charge is -2.35. The summed E-state index contributed by atoms with van der Waals surface area (Å²) in [5, 5.41) is 11.8. The highest BCUT2D eigenvalue weighted by atomic mass is 16.2. The Kier molecular flexibility index (Phi) is 17.3. The number of amides is 1.